The second kappa shape index (κ2) is 3.23. The van der Waals surface area contributed by atoms with Crippen LogP contribution in [-0.4, -0.2) is 5.91 Å². The first-order chi connectivity index (χ1) is 3.31. The molecule has 0 unspecified atom stereocenters. The summed E-state index contributed by atoms with van der Waals surface area (Å²) < 4.78 is 0. The second-order valence-electron chi connectivity index (χ2n) is 0.981. The molecule has 0 aromatic rings. The summed E-state index contributed by atoms with van der Waals surface area (Å²) >= 11 is 0. The molecule has 2 heteroatoms. The minimum absolute atomic E-state index is 0.115. The minimum Gasteiger partial charge on any atom is -0.354 e. The quantitative estimate of drug-likeness (QED) is 0.454. The Hall–Kier alpha value is -0.970. The van der Waals surface area contributed by atoms with Gasteiger partial charge in [-0.15, -0.1) is 6.42 Å². The summed E-state index contributed by atoms with van der Waals surface area (Å²) in [5, 5.41) is 2.13. The number of carbonyl (C=O) groups is 1. The van der Waals surface area contributed by atoms with Crippen LogP contribution in [0.1, 0.15) is 6.42 Å². The monoisotopic (exact) mass is 96.0 g/mol. The van der Waals surface area contributed by atoms with Gasteiger partial charge in [0.2, 0.25) is 5.91 Å². The highest BCUT2D eigenvalue weighted by Gasteiger charge is 1.87. The van der Waals surface area contributed by atoms with E-state index in [-0.39, 0.29) is 12.3 Å². The van der Waals surface area contributed by atoms with Crippen molar-refractivity contribution in [3.8, 4) is 12.3 Å². The fraction of sp³-hybridized carbons (Fsp3) is 0.200. The van der Waals surface area contributed by atoms with E-state index in [0.29, 0.717) is 0 Å². The molecule has 0 saturated carbocycles. The number of hydrogen-bond donors (Lipinski definition) is 1. The lowest BCUT2D eigenvalue weighted by atomic mass is 10.4. The van der Waals surface area contributed by atoms with Crippen molar-refractivity contribution in [3.05, 3.63) is 7.05 Å². The summed E-state index contributed by atoms with van der Waals surface area (Å²) in [4.78, 5) is 10.1. The number of rotatable bonds is 1. The molecule has 0 atom stereocenters. The Labute approximate surface area is 42.9 Å². The van der Waals surface area contributed by atoms with Gasteiger partial charge < -0.3 is 5.32 Å². The molecule has 0 heterocycles. The van der Waals surface area contributed by atoms with Crippen LogP contribution in [0.4, 0.5) is 0 Å². The molecule has 0 bridgehead atoms. The predicted octanol–water partition coefficient (Wildman–Crippen LogP) is -0.0825. The van der Waals surface area contributed by atoms with E-state index in [2.05, 4.69) is 18.3 Å². The van der Waals surface area contributed by atoms with Gasteiger partial charge in [-0.05, 0) is 0 Å². The fourth-order valence-corrected chi connectivity index (χ4v) is 0.155. The molecule has 7 heavy (non-hydrogen) atoms. The molecular formula is C5H6NO. The molecule has 0 fully saturated rings. The first-order valence-corrected chi connectivity index (χ1v) is 1.80. The summed E-state index contributed by atoms with van der Waals surface area (Å²) in [6.45, 7) is 0. The number of nitrogens with one attached hydrogen (secondary N) is 1. The van der Waals surface area contributed by atoms with E-state index in [1.165, 1.54) is 0 Å². The average Bonchev–Trinajstić information content (AvgIpc) is 1.68. The Morgan fingerprint density at radius 2 is 2.57 bits per heavy atom. The molecule has 0 spiro atoms. The molecule has 2 nitrogen and oxygen atoms in total. The first-order valence-electron chi connectivity index (χ1n) is 1.80. The number of carbonyl (C=O) groups excluding carboxylic acids is 1. The summed E-state index contributed by atoms with van der Waals surface area (Å²) in [6.07, 6.45) is 4.88. The van der Waals surface area contributed by atoms with Crippen LogP contribution in [0.5, 0.6) is 0 Å². The van der Waals surface area contributed by atoms with Gasteiger partial charge in [-0.25, -0.2) is 0 Å². The molecule has 0 rings (SSSR count). The summed E-state index contributed by atoms with van der Waals surface area (Å²) in [6, 6.07) is 0. The molecule has 0 aliphatic carbocycles. The van der Waals surface area contributed by atoms with Crippen LogP contribution in [0.2, 0.25) is 0 Å². The largest absolute Gasteiger partial charge is 0.354 e. The van der Waals surface area contributed by atoms with Gasteiger partial charge in [-0.2, -0.15) is 0 Å². The van der Waals surface area contributed by atoms with Gasteiger partial charge in [-0.1, -0.05) is 5.92 Å². The normalized spacial score (nSPS) is 6.86. The van der Waals surface area contributed by atoms with Gasteiger partial charge in [0.15, 0.2) is 0 Å². The van der Waals surface area contributed by atoms with Crippen molar-refractivity contribution in [2.45, 2.75) is 6.42 Å². The molecular weight excluding hydrogens is 90.1 g/mol. The molecule has 0 aliphatic rings. The van der Waals surface area contributed by atoms with Crippen molar-refractivity contribution in [1.82, 2.24) is 5.32 Å². The molecule has 0 aliphatic heterocycles. The maximum absolute atomic E-state index is 10.1. The maximum atomic E-state index is 10.1. The SMILES string of the molecule is C#CCC(=O)N[CH2]. The Kier molecular flexibility index (Phi) is 2.78. The van der Waals surface area contributed by atoms with Crippen LogP contribution in [0, 0.1) is 19.4 Å². The van der Waals surface area contributed by atoms with Crippen LogP contribution >= 0.6 is 0 Å². The summed E-state index contributed by atoms with van der Waals surface area (Å²) in [5.41, 5.74) is 0. The second-order valence-corrected chi connectivity index (χ2v) is 0.981. The van der Waals surface area contributed by atoms with E-state index in [4.69, 9.17) is 6.42 Å². The van der Waals surface area contributed by atoms with Gasteiger partial charge in [-0.3, -0.25) is 4.79 Å². The highest BCUT2D eigenvalue weighted by molar-refractivity contribution is 5.78. The Morgan fingerprint density at radius 1 is 2.00 bits per heavy atom. The van der Waals surface area contributed by atoms with Crippen molar-refractivity contribution in [2.75, 3.05) is 0 Å². The van der Waals surface area contributed by atoms with Crippen molar-refractivity contribution in [1.29, 1.82) is 0 Å². The fourth-order valence-electron chi connectivity index (χ4n) is 0.155. The maximum Gasteiger partial charge on any atom is 0.232 e. The lowest BCUT2D eigenvalue weighted by Gasteiger charge is -1.86. The first kappa shape index (κ1) is 6.03. The predicted molar refractivity (Wildman–Crippen MR) is 26.9 cm³/mol. The van der Waals surface area contributed by atoms with Crippen LogP contribution in [0.3, 0.4) is 0 Å². The topological polar surface area (TPSA) is 29.1 Å². The summed E-state index contributed by atoms with van der Waals surface area (Å²) in [7, 11) is 3.11. The third-order valence-electron chi connectivity index (χ3n) is 0.460. The van der Waals surface area contributed by atoms with Gasteiger partial charge in [0.05, 0.1) is 6.42 Å². The Balaban J connectivity index is 3.23. The van der Waals surface area contributed by atoms with Gasteiger partial charge in [0, 0.05) is 7.05 Å². The van der Waals surface area contributed by atoms with E-state index in [1.54, 1.807) is 0 Å². The zero-order valence-electron chi connectivity index (χ0n) is 3.90. The van der Waals surface area contributed by atoms with Crippen molar-refractivity contribution in [2.24, 2.45) is 0 Å². The zero-order chi connectivity index (χ0) is 5.70. The standard InChI is InChI=1S/C5H6NO/c1-3-4-5(7)6-2/h1H,2,4H2,(H,6,7). The van der Waals surface area contributed by atoms with Crippen LogP contribution in [0.15, 0.2) is 0 Å². The molecule has 1 radical (unpaired) electrons. The summed E-state index contributed by atoms with van der Waals surface area (Å²) in [5.74, 6) is 1.95. The smallest absolute Gasteiger partial charge is 0.232 e. The zero-order valence-corrected chi connectivity index (χ0v) is 3.90. The van der Waals surface area contributed by atoms with Crippen molar-refractivity contribution in [3.63, 3.8) is 0 Å². The molecule has 37 valence electrons. The van der Waals surface area contributed by atoms with E-state index >= 15 is 0 Å². The third kappa shape index (κ3) is 2.84. The highest BCUT2D eigenvalue weighted by Crippen LogP contribution is 1.70. The van der Waals surface area contributed by atoms with Crippen molar-refractivity contribution < 1.29 is 4.79 Å². The third-order valence-corrected chi connectivity index (χ3v) is 0.460. The van der Waals surface area contributed by atoms with Crippen LogP contribution in [0.25, 0.3) is 0 Å². The lowest BCUT2D eigenvalue weighted by Crippen LogP contribution is -2.13. The van der Waals surface area contributed by atoms with Crippen molar-refractivity contribution >= 4 is 5.91 Å². The Morgan fingerprint density at radius 3 is 2.71 bits per heavy atom. The van der Waals surface area contributed by atoms with Crippen LogP contribution in [-0.2, 0) is 4.79 Å². The minimum atomic E-state index is -0.220. The molecule has 1 amide bonds. The molecule has 0 aromatic carbocycles. The van der Waals surface area contributed by atoms with Crippen LogP contribution < -0.4 is 5.32 Å². The Bertz CT molecular complexity index is 101. The van der Waals surface area contributed by atoms with E-state index in [0.717, 1.165) is 0 Å². The molecule has 0 aromatic heterocycles. The van der Waals surface area contributed by atoms with Gasteiger partial charge in [0.1, 0.15) is 0 Å². The van der Waals surface area contributed by atoms with E-state index in [1.807, 2.05) is 0 Å². The highest BCUT2D eigenvalue weighted by atomic mass is 16.1. The molecule has 0 saturated heterocycles. The number of hydrogen-bond acceptors (Lipinski definition) is 1. The van der Waals surface area contributed by atoms with Gasteiger partial charge >= 0.3 is 0 Å². The van der Waals surface area contributed by atoms with E-state index < -0.39 is 0 Å². The lowest BCUT2D eigenvalue weighted by molar-refractivity contribution is -0.119. The average molecular weight is 96.1 g/mol. The van der Waals surface area contributed by atoms with E-state index in [9.17, 15) is 4.79 Å². The number of terminal acetylenes is 1. The van der Waals surface area contributed by atoms with Gasteiger partial charge in [0.25, 0.3) is 0 Å². The molecule has 1 N–H and O–H groups in total. The number of amides is 1.